The summed E-state index contributed by atoms with van der Waals surface area (Å²) >= 11 is 7.37. The second-order valence-corrected chi connectivity index (χ2v) is 7.44. The van der Waals surface area contributed by atoms with Crippen molar-refractivity contribution in [2.75, 3.05) is 11.6 Å². The highest BCUT2D eigenvalue weighted by Crippen LogP contribution is 2.23. The molecule has 1 atom stereocenters. The molecular weight excluding hydrogens is 386 g/mol. The van der Waals surface area contributed by atoms with E-state index in [-0.39, 0.29) is 17.7 Å². The van der Waals surface area contributed by atoms with E-state index < -0.39 is 0 Å². The van der Waals surface area contributed by atoms with Gasteiger partial charge >= 0.3 is 0 Å². The van der Waals surface area contributed by atoms with Crippen LogP contribution in [0, 0.1) is 13.8 Å². The number of nitrogens with one attached hydrogen (secondary N) is 1. The van der Waals surface area contributed by atoms with E-state index in [1.807, 2.05) is 45.0 Å². The molecule has 2 heterocycles. The topological polar surface area (TPSA) is 104 Å². The van der Waals surface area contributed by atoms with Crippen LogP contribution in [0.3, 0.4) is 0 Å². The first-order valence-electron chi connectivity index (χ1n) is 8.27. The maximum atomic E-state index is 12.3. The summed E-state index contributed by atoms with van der Waals surface area (Å²) in [5.41, 5.74) is 2.62. The Hall–Kier alpha value is -2.52. The van der Waals surface area contributed by atoms with Crippen molar-refractivity contribution in [1.82, 2.24) is 30.0 Å². The lowest BCUT2D eigenvalue weighted by atomic mass is 10.1. The van der Waals surface area contributed by atoms with Gasteiger partial charge in [0.15, 0.2) is 0 Å². The van der Waals surface area contributed by atoms with Crippen LogP contribution in [0.5, 0.6) is 0 Å². The van der Waals surface area contributed by atoms with Crippen LogP contribution in [-0.4, -0.2) is 36.3 Å². The fraction of sp³-hybridized carbons (Fsp3) is 0.294. The quantitative estimate of drug-likeness (QED) is 0.482. The SMILES string of the molecule is Cc1cc(C)n(-c2nnc(SCC(=O)N[C@H](C)c3ccccc3Cl)n2N)n1. The number of thioether (sulfide) groups is 1. The summed E-state index contributed by atoms with van der Waals surface area (Å²) in [4.78, 5) is 12.3. The number of halogens is 1. The number of amides is 1. The number of nitrogens with two attached hydrogens (primary N) is 1. The molecule has 142 valence electrons. The molecule has 0 fully saturated rings. The summed E-state index contributed by atoms with van der Waals surface area (Å²) in [6, 6.07) is 9.14. The molecule has 3 rings (SSSR count). The summed E-state index contributed by atoms with van der Waals surface area (Å²) in [6.07, 6.45) is 0. The van der Waals surface area contributed by atoms with Crippen LogP contribution in [-0.2, 0) is 4.79 Å². The molecule has 0 aliphatic rings. The predicted octanol–water partition coefficient (Wildman–Crippen LogP) is 2.42. The molecule has 27 heavy (non-hydrogen) atoms. The van der Waals surface area contributed by atoms with E-state index >= 15 is 0 Å². The van der Waals surface area contributed by atoms with Gasteiger partial charge in [-0.25, -0.2) is 9.36 Å². The first-order chi connectivity index (χ1) is 12.9. The second-order valence-electron chi connectivity index (χ2n) is 6.09. The molecule has 0 spiro atoms. The molecule has 0 aliphatic carbocycles. The molecule has 2 aromatic heterocycles. The normalized spacial score (nSPS) is 12.1. The van der Waals surface area contributed by atoms with Gasteiger partial charge in [-0.1, -0.05) is 41.6 Å². The van der Waals surface area contributed by atoms with E-state index in [1.54, 1.807) is 10.7 Å². The van der Waals surface area contributed by atoms with Crippen LogP contribution in [0.1, 0.15) is 29.9 Å². The molecule has 0 saturated carbocycles. The predicted molar refractivity (Wildman–Crippen MR) is 106 cm³/mol. The van der Waals surface area contributed by atoms with Crippen LogP contribution in [0.2, 0.25) is 5.02 Å². The fourth-order valence-electron chi connectivity index (χ4n) is 2.66. The Morgan fingerprint density at radius 1 is 1.33 bits per heavy atom. The molecule has 0 unspecified atom stereocenters. The lowest BCUT2D eigenvalue weighted by Crippen LogP contribution is -2.28. The van der Waals surface area contributed by atoms with Crippen molar-refractivity contribution >= 4 is 29.3 Å². The van der Waals surface area contributed by atoms with E-state index in [0.717, 1.165) is 17.0 Å². The van der Waals surface area contributed by atoms with E-state index in [4.69, 9.17) is 17.4 Å². The van der Waals surface area contributed by atoms with E-state index in [0.29, 0.717) is 16.1 Å². The van der Waals surface area contributed by atoms with Gasteiger partial charge < -0.3 is 11.2 Å². The molecule has 10 heteroatoms. The summed E-state index contributed by atoms with van der Waals surface area (Å²) in [5.74, 6) is 6.47. The lowest BCUT2D eigenvalue weighted by molar-refractivity contribution is -0.119. The van der Waals surface area contributed by atoms with Crippen LogP contribution in [0.25, 0.3) is 5.95 Å². The van der Waals surface area contributed by atoms with Crippen LogP contribution in [0.4, 0.5) is 0 Å². The van der Waals surface area contributed by atoms with Crippen LogP contribution < -0.4 is 11.2 Å². The molecule has 1 amide bonds. The Bertz CT molecular complexity index is 968. The number of nitrogens with zero attached hydrogens (tertiary/aromatic N) is 5. The summed E-state index contributed by atoms with van der Waals surface area (Å²) in [5, 5.41) is 16.4. The average molecular weight is 406 g/mol. The monoisotopic (exact) mass is 405 g/mol. The van der Waals surface area contributed by atoms with Gasteiger partial charge in [0, 0.05) is 10.7 Å². The Kier molecular flexibility index (Phi) is 5.71. The van der Waals surface area contributed by atoms with E-state index in [2.05, 4.69) is 20.6 Å². The van der Waals surface area contributed by atoms with Gasteiger partial charge in [0.2, 0.25) is 11.1 Å². The summed E-state index contributed by atoms with van der Waals surface area (Å²) in [7, 11) is 0. The third-order valence-electron chi connectivity index (χ3n) is 3.93. The van der Waals surface area contributed by atoms with Crippen molar-refractivity contribution in [2.24, 2.45) is 0 Å². The Morgan fingerprint density at radius 2 is 2.07 bits per heavy atom. The van der Waals surface area contributed by atoms with Gasteiger partial charge in [-0.3, -0.25) is 4.79 Å². The molecule has 0 radical (unpaired) electrons. The van der Waals surface area contributed by atoms with E-state index in [1.165, 1.54) is 16.4 Å². The molecule has 0 bridgehead atoms. The largest absolute Gasteiger partial charge is 0.349 e. The molecule has 1 aromatic carbocycles. The number of aryl methyl sites for hydroxylation is 2. The van der Waals surface area contributed by atoms with Gasteiger partial charge in [0.25, 0.3) is 5.95 Å². The van der Waals surface area contributed by atoms with Crippen molar-refractivity contribution < 1.29 is 4.79 Å². The molecule has 0 saturated heterocycles. The number of carbonyl (C=O) groups excluding carboxylic acids is 1. The number of rotatable bonds is 6. The lowest BCUT2D eigenvalue weighted by Gasteiger charge is -2.15. The zero-order valence-corrected chi connectivity index (χ0v) is 16.8. The van der Waals surface area contributed by atoms with Crippen molar-refractivity contribution in [1.29, 1.82) is 0 Å². The molecule has 0 aliphatic heterocycles. The number of aromatic nitrogens is 5. The number of hydrogen-bond donors (Lipinski definition) is 2. The first-order valence-corrected chi connectivity index (χ1v) is 9.64. The van der Waals surface area contributed by atoms with Gasteiger partial charge in [-0.15, -0.1) is 10.2 Å². The Balaban J connectivity index is 1.63. The first kappa shape index (κ1) is 19.2. The molecular formula is C17H20ClN7OS. The number of benzene rings is 1. The van der Waals surface area contributed by atoms with Crippen LogP contribution in [0.15, 0.2) is 35.5 Å². The minimum atomic E-state index is -0.201. The zero-order chi connectivity index (χ0) is 19.6. The maximum absolute atomic E-state index is 12.3. The summed E-state index contributed by atoms with van der Waals surface area (Å²) in [6.45, 7) is 5.68. The third kappa shape index (κ3) is 4.25. The highest BCUT2D eigenvalue weighted by Gasteiger charge is 2.17. The van der Waals surface area contributed by atoms with Gasteiger partial charge in [-0.05, 0) is 38.5 Å². The molecule has 3 N–H and O–H groups in total. The van der Waals surface area contributed by atoms with Gasteiger partial charge in [0.1, 0.15) is 0 Å². The second kappa shape index (κ2) is 8.01. The minimum Gasteiger partial charge on any atom is -0.349 e. The smallest absolute Gasteiger partial charge is 0.271 e. The van der Waals surface area contributed by atoms with Crippen molar-refractivity contribution in [3.05, 3.63) is 52.3 Å². The summed E-state index contributed by atoms with van der Waals surface area (Å²) < 4.78 is 2.95. The van der Waals surface area contributed by atoms with Crippen molar-refractivity contribution in [3.8, 4) is 5.95 Å². The number of hydrogen-bond acceptors (Lipinski definition) is 6. The fourth-order valence-corrected chi connectivity index (χ4v) is 3.62. The Morgan fingerprint density at radius 3 is 2.74 bits per heavy atom. The zero-order valence-electron chi connectivity index (χ0n) is 15.2. The van der Waals surface area contributed by atoms with Gasteiger partial charge in [-0.2, -0.15) is 5.10 Å². The van der Waals surface area contributed by atoms with Crippen molar-refractivity contribution in [2.45, 2.75) is 32.0 Å². The standard InChI is InChI=1S/C17H20ClN7OS/c1-10-8-11(2)25(23-10)16-21-22-17(24(16)19)27-9-15(26)20-12(3)13-6-4-5-7-14(13)18/h4-8,12H,9,19H2,1-3H3,(H,20,26)/t12-/m1/s1. The van der Waals surface area contributed by atoms with E-state index in [9.17, 15) is 4.79 Å². The highest BCUT2D eigenvalue weighted by molar-refractivity contribution is 7.99. The third-order valence-corrected chi connectivity index (χ3v) is 5.21. The Labute approximate surface area is 166 Å². The minimum absolute atomic E-state index is 0.150. The number of carbonyl (C=O) groups is 1. The number of nitrogen functional groups attached to an aromatic ring is 1. The van der Waals surface area contributed by atoms with Crippen molar-refractivity contribution in [3.63, 3.8) is 0 Å². The average Bonchev–Trinajstić information content (AvgIpc) is 3.14. The molecule has 8 nitrogen and oxygen atoms in total. The maximum Gasteiger partial charge on any atom is 0.271 e. The van der Waals surface area contributed by atoms with Crippen LogP contribution >= 0.6 is 23.4 Å². The highest BCUT2D eigenvalue weighted by atomic mass is 35.5. The molecule has 3 aromatic rings. The van der Waals surface area contributed by atoms with Gasteiger partial charge in [0.05, 0.1) is 17.5 Å².